The fourth-order valence-corrected chi connectivity index (χ4v) is 3.24. The van der Waals surface area contributed by atoms with E-state index in [1.165, 1.54) is 5.75 Å². The highest BCUT2D eigenvalue weighted by atomic mass is 32.2. The van der Waals surface area contributed by atoms with Gasteiger partial charge in [0, 0.05) is 13.1 Å². The van der Waals surface area contributed by atoms with Crippen molar-refractivity contribution in [3.8, 4) is 0 Å². The van der Waals surface area contributed by atoms with Crippen molar-refractivity contribution in [3.63, 3.8) is 0 Å². The average Bonchev–Trinajstić information content (AvgIpc) is 2.84. The van der Waals surface area contributed by atoms with Crippen molar-refractivity contribution in [2.75, 3.05) is 29.7 Å². The molecule has 0 spiro atoms. The molecule has 1 heterocycles. The molecule has 18 heavy (non-hydrogen) atoms. The zero-order valence-electron chi connectivity index (χ0n) is 11.0. The van der Waals surface area contributed by atoms with Crippen LogP contribution in [0.25, 0.3) is 10.2 Å². The summed E-state index contributed by atoms with van der Waals surface area (Å²) >= 11 is 3.51. The lowest BCUT2D eigenvalue weighted by Crippen LogP contribution is -2.30. The van der Waals surface area contributed by atoms with E-state index in [0.29, 0.717) is 6.04 Å². The molecular formula is C13H19N3S2. The summed E-state index contributed by atoms with van der Waals surface area (Å²) in [5, 5.41) is 0. The Morgan fingerprint density at radius 2 is 2.28 bits per heavy atom. The number of hydrogen-bond acceptors (Lipinski definition) is 5. The van der Waals surface area contributed by atoms with Crippen LogP contribution in [0, 0.1) is 0 Å². The van der Waals surface area contributed by atoms with Crippen molar-refractivity contribution >= 4 is 44.7 Å². The molecule has 2 N–H and O–H groups in total. The number of anilines is 2. The lowest BCUT2D eigenvalue weighted by Gasteiger charge is -2.28. The minimum absolute atomic E-state index is 0.482. The average molecular weight is 281 g/mol. The van der Waals surface area contributed by atoms with Crippen molar-refractivity contribution in [2.24, 2.45) is 0 Å². The summed E-state index contributed by atoms with van der Waals surface area (Å²) in [6.45, 7) is 2.24. The Balaban J connectivity index is 2.26. The molecule has 1 aromatic carbocycles. The van der Waals surface area contributed by atoms with Crippen LogP contribution in [0.2, 0.25) is 0 Å². The minimum Gasteiger partial charge on any atom is -0.395 e. The van der Waals surface area contributed by atoms with E-state index in [1.807, 2.05) is 17.3 Å². The van der Waals surface area contributed by atoms with Gasteiger partial charge >= 0.3 is 0 Å². The van der Waals surface area contributed by atoms with Gasteiger partial charge in [0.2, 0.25) is 0 Å². The molecule has 0 amide bonds. The standard InChI is InChI=1S/C13H19N3S2/c1-9(6-7-17-3)16(2)10-4-5-11-13(12(10)14)15-8-18-11/h4-5,8-9H,6-7,14H2,1-3H3. The first kappa shape index (κ1) is 13.5. The van der Waals surface area contributed by atoms with Crippen LogP contribution in [0.4, 0.5) is 11.4 Å². The molecule has 1 aromatic heterocycles. The lowest BCUT2D eigenvalue weighted by atomic mass is 10.1. The zero-order valence-corrected chi connectivity index (χ0v) is 12.6. The van der Waals surface area contributed by atoms with Crippen molar-refractivity contribution in [2.45, 2.75) is 19.4 Å². The first-order valence-corrected chi connectivity index (χ1v) is 8.26. The molecule has 0 aliphatic carbocycles. The van der Waals surface area contributed by atoms with Gasteiger partial charge in [0.15, 0.2) is 0 Å². The Bertz CT molecular complexity index is 524. The number of nitrogen functional groups attached to an aromatic ring is 1. The molecule has 1 atom stereocenters. The van der Waals surface area contributed by atoms with Crippen LogP contribution in [-0.2, 0) is 0 Å². The molecule has 0 bridgehead atoms. The van der Waals surface area contributed by atoms with E-state index in [1.54, 1.807) is 11.3 Å². The van der Waals surface area contributed by atoms with Gasteiger partial charge in [-0.2, -0.15) is 11.8 Å². The number of nitrogens with two attached hydrogens (primary N) is 1. The summed E-state index contributed by atoms with van der Waals surface area (Å²) in [5.41, 5.74) is 10.9. The van der Waals surface area contributed by atoms with Crippen LogP contribution in [0.3, 0.4) is 0 Å². The van der Waals surface area contributed by atoms with Gasteiger partial charge in [0.1, 0.15) is 5.52 Å². The van der Waals surface area contributed by atoms with Gasteiger partial charge in [-0.1, -0.05) is 0 Å². The van der Waals surface area contributed by atoms with Crippen molar-refractivity contribution in [1.29, 1.82) is 0 Å². The molecule has 2 aromatic rings. The van der Waals surface area contributed by atoms with Gasteiger partial charge in [-0.05, 0) is 37.5 Å². The number of thioether (sulfide) groups is 1. The van der Waals surface area contributed by atoms with E-state index < -0.39 is 0 Å². The lowest BCUT2D eigenvalue weighted by molar-refractivity contribution is 0.670. The molecular weight excluding hydrogens is 262 g/mol. The van der Waals surface area contributed by atoms with Gasteiger partial charge in [0.25, 0.3) is 0 Å². The number of nitrogens with zero attached hydrogens (tertiary/aromatic N) is 2. The van der Waals surface area contributed by atoms with E-state index in [4.69, 9.17) is 5.73 Å². The SMILES string of the molecule is CSCCC(C)N(C)c1ccc2scnc2c1N. The summed E-state index contributed by atoms with van der Waals surface area (Å²) in [6, 6.07) is 4.69. The Hall–Kier alpha value is -0.940. The maximum atomic E-state index is 6.23. The monoisotopic (exact) mass is 281 g/mol. The second-order valence-electron chi connectivity index (χ2n) is 4.44. The quantitative estimate of drug-likeness (QED) is 0.852. The summed E-state index contributed by atoms with van der Waals surface area (Å²) < 4.78 is 1.15. The summed E-state index contributed by atoms with van der Waals surface area (Å²) in [6.07, 6.45) is 3.30. The van der Waals surface area contributed by atoms with E-state index in [2.05, 4.69) is 42.2 Å². The van der Waals surface area contributed by atoms with Crippen molar-refractivity contribution in [3.05, 3.63) is 17.6 Å². The van der Waals surface area contributed by atoms with Crippen molar-refractivity contribution < 1.29 is 0 Å². The first-order valence-electron chi connectivity index (χ1n) is 5.98. The second kappa shape index (κ2) is 5.80. The molecule has 98 valence electrons. The normalized spacial score (nSPS) is 12.8. The molecule has 0 saturated heterocycles. The molecule has 2 rings (SSSR count). The Labute approximate surface area is 116 Å². The van der Waals surface area contributed by atoms with Crippen LogP contribution in [0.5, 0.6) is 0 Å². The van der Waals surface area contributed by atoms with Crippen LogP contribution in [0.15, 0.2) is 17.6 Å². The van der Waals surface area contributed by atoms with Gasteiger partial charge in [-0.25, -0.2) is 4.98 Å². The highest BCUT2D eigenvalue weighted by Gasteiger charge is 2.14. The van der Waals surface area contributed by atoms with Crippen LogP contribution in [0.1, 0.15) is 13.3 Å². The maximum Gasteiger partial charge on any atom is 0.106 e. The molecule has 0 fully saturated rings. The number of thiazole rings is 1. The fourth-order valence-electron chi connectivity index (χ4n) is 1.97. The first-order chi connectivity index (χ1) is 8.65. The third-order valence-electron chi connectivity index (χ3n) is 3.30. The maximum absolute atomic E-state index is 6.23. The third kappa shape index (κ3) is 2.57. The van der Waals surface area contributed by atoms with E-state index in [0.717, 1.165) is 28.0 Å². The van der Waals surface area contributed by atoms with Crippen LogP contribution in [-0.4, -0.2) is 30.1 Å². The van der Waals surface area contributed by atoms with Gasteiger partial charge in [-0.15, -0.1) is 11.3 Å². The molecule has 3 nitrogen and oxygen atoms in total. The molecule has 0 aliphatic rings. The molecule has 1 unspecified atom stereocenters. The fraction of sp³-hybridized carbons (Fsp3) is 0.462. The summed E-state index contributed by atoms with van der Waals surface area (Å²) in [4.78, 5) is 6.60. The molecule has 0 aliphatic heterocycles. The predicted octanol–water partition coefficient (Wildman–Crippen LogP) is 3.46. The Morgan fingerprint density at radius 1 is 1.50 bits per heavy atom. The number of hydrogen-bond donors (Lipinski definition) is 1. The largest absolute Gasteiger partial charge is 0.395 e. The summed E-state index contributed by atoms with van der Waals surface area (Å²) in [5.74, 6) is 1.17. The Kier molecular flexibility index (Phi) is 4.35. The van der Waals surface area contributed by atoms with E-state index >= 15 is 0 Å². The predicted molar refractivity (Wildman–Crippen MR) is 84.9 cm³/mol. The number of rotatable bonds is 5. The second-order valence-corrected chi connectivity index (χ2v) is 6.31. The smallest absolute Gasteiger partial charge is 0.106 e. The highest BCUT2D eigenvalue weighted by Crippen LogP contribution is 2.33. The van der Waals surface area contributed by atoms with Crippen LogP contribution < -0.4 is 10.6 Å². The summed E-state index contributed by atoms with van der Waals surface area (Å²) in [7, 11) is 2.11. The Morgan fingerprint density at radius 3 is 3.00 bits per heavy atom. The van der Waals surface area contributed by atoms with Crippen molar-refractivity contribution in [1.82, 2.24) is 4.98 Å². The zero-order chi connectivity index (χ0) is 13.1. The number of benzene rings is 1. The molecule has 5 heteroatoms. The molecule has 0 radical (unpaired) electrons. The van der Waals surface area contributed by atoms with Crippen LogP contribution >= 0.6 is 23.1 Å². The van der Waals surface area contributed by atoms with Gasteiger partial charge < -0.3 is 10.6 Å². The highest BCUT2D eigenvalue weighted by molar-refractivity contribution is 7.98. The number of fused-ring (bicyclic) bond motifs is 1. The number of aromatic nitrogens is 1. The van der Waals surface area contributed by atoms with Gasteiger partial charge in [0.05, 0.1) is 21.6 Å². The van der Waals surface area contributed by atoms with E-state index in [9.17, 15) is 0 Å². The van der Waals surface area contributed by atoms with Gasteiger partial charge in [-0.3, -0.25) is 0 Å². The van der Waals surface area contributed by atoms with E-state index in [-0.39, 0.29) is 0 Å². The third-order valence-corrected chi connectivity index (χ3v) is 4.74. The minimum atomic E-state index is 0.482. The molecule has 0 saturated carbocycles. The topological polar surface area (TPSA) is 42.2 Å².